The fraction of sp³-hybridized carbons (Fsp3) is 0.400. The van der Waals surface area contributed by atoms with Gasteiger partial charge in [-0.25, -0.2) is 4.79 Å². The number of rotatable bonds is 7. The van der Waals surface area contributed by atoms with E-state index in [9.17, 15) is 9.59 Å². The molecule has 1 rings (SSSR count). The Hall–Kier alpha value is -2.17. The van der Waals surface area contributed by atoms with Gasteiger partial charge in [-0.3, -0.25) is 9.78 Å². The van der Waals surface area contributed by atoms with Crippen molar-refractivity contribution >= 4 is 18.0 Å². The standard InChI is InChI=1S/C15H20N2O3/c1-3-4-5-11(2)17-15(20)13-8-9-16-10-12(13)6-7-14(18)19/h6-11H,3-5H2,1-2H3,(H,17,20)(H,18,19). The number of hydrogen-bond donors (Lipinski definition) is 2. The van der Waals surface area contributed by atoms with Gasteiger partial charge in [0, 0.05) is 35.6 Å². The van der Waals surface area contributed by atoms with E-state index in [1.54, 1.807) is 6.07 Å². The van der Waals surface area contributed by atoms with Gasteiger partial charge < -0.3 is 10.4 Å². The van der Waals surface area contributed by atoms with Crippen LogP contribution < -0.4 is 5.32 Å². The Bertz CT molecular complexity index is 498. The van der Waals surface area contributed by atoms with Crippen molar-refractivity contribution in [3.8, 4) is 0 Å². The Kier molecular flexibility index (Phi) is 6.43. The first-order valence-electron chi connectivity index (χ1n) is 6.70. The van der Waals surface area contributed by atoms with Crippen LogP contribution in [0.2, 0.25) is 0 Å². The highest BCUT2D eigenvalue weighted by Crippen LogP contribution is 2.10. The van der Waals surface area contributed by atoms with Crippen LogP contribution in [-0.2, 0) is 4.79 Å². The molecular formula is C15H20N2O3. The summed E-state index contributed by atoms with van der Waals surface area (Å²) in [6.07, 6.45) is 8.43. The van der Waals surface area contributed by atoms with E-state index in [1.807, 2.05) is 6.92 Å². The van der Waals surface area contributed by atoms with Crippen LogP contribution in [0.4, 0.5) is 0 Å². The van der Waals surface area contributed by atoms with Crippen molar-refractivity contribution in [3.05, 3.63) is 35.7 Å². The Morgan fingerprint density at radius 3 is 2.90 bits per heavy atom. The van der Waals surface area contributed by atoms with Gasteiger partial charge in [-0.2, -0.15) is 0 Å². The highest BCUT2D eigenvalue weighted by molar-refractivity contribution is 5.98. The lowest BCUT2D eigenvalue weighted by molar-refractivity contribution is -0.131. The summed E-state index contributed by atoms with van der Waals surface area (Å²) in [6.45, 7) is 4.06. The van der Waals surface area contributed by atoms with E-state index < -0.39 is 5.97 Å². The molecule has 0 aliphatic heterocycles. The molecule has 0 bridgehead atoms. The molecule has 20 heavy (non-hydrogen) atoms. The zero-order valence-corrected chi connectivity index (χ0v) is 11.8. The number of carbonyl (C=O) groups is 2. The fourth-order valence-corrected chi connectivity index (χ4v) is 1.79. The average molecular weight is 276 g/mol. The Balaban J connectivity index is 2.79. The molecule has 1 aromatic rings. The third-order valence-electron chi connectivity index (χ3n) is 2.87. The number of aliphatic carboxylic acids is 1. The summed E-state index contributed by atoms with van der Waals surface area (Å²) >= 11 is 0. The topological polar surface area (TPSA) is 79.3 Å². The number of pyridine rings is 1. The van der Waals surface area contributed by atoms with E-state index >= 15 is 0 Å². The number of hydrogen-bond acceptors (Lipinski definition) is 3. The first kappa shape index (κ1) is 15.9. The molecule has 5 heteroatoms. The summed E-state index contributed by atoms with van der Waals surface area (Å²) in [6, 6.07) is 1.68. The van der Waals surface area contributed by atoms with Gasteiger partial charge in [0.15, 0.2) is 0 Å². The van der Waals surface area contributed by atoms with Crippen molar-refractivity contribution in [2.75, 3.05) is 0 Å². The van der Waals surface area contributed by atoms with Gasteiger partial charge in [0.2, 0.25) is 0 Å². The summed E-state index contributed by atoms with van der Waals surface area (Å²) < 4.78 is 0. The Morgan fingerprint density at radius 2 is 2.25 bits per heavy atom. The van der Waals surface area contributed by atoms with Crippen LogP contribution in [0.5, 0.6) is 0 Å². The summed E-state index contributed by atoms with van der Waals surface area (Å²) in [5.41, 5.74) is 0.927. The quantitative estimate of drug-likeness (QED) is 0.750. The molecular weight excluding hydrogens is 256 g/mol. The maximum atomic E-state index is 12.2. The second kappa shape index (κ2) is 8.09. The molecule has 0 aliphatic carbocycles. The smallest absolute Gasteiger partial charge is 0.328 e. The van der Waals surface area contributed by atoms with Gasteiger partial charge in [-0.1, -0.05) is 19.8 Å². The van der Waals surface area contributed by atoms with Gasteiger partial charge in [0.1, 0.15) is 0 Å². The van der Waals surface area contributed by atoms with Gasteiger partial charge >= 0.3 is 5.97 Å². The SMILES string of the molecule is CCCCC(C)NC(=O)c1ccncc1C=CC(=O)O. The van der Waals surface area contributed by atoms with Gasteiger partial charge in [0.05, 0.1) is 0 Å². The number of carboxylic acid groups (broad SMARTS) is 1. The lowest BCUT2D eigenvalue weighted by Crippen LogP contribution is -2.32. The molecule has 1 aromatic heterocycles. The van der Waals surface area contributed by atoms with Crippen LogP contribution in [0, 0.1) is 0 Å². The van der Waals surface area contributed by atoms with Crippen LogP contribution in [0.25, 0.3) is 6.08 Å². The fourth-order valence-electron chi connectivity index (χ4n) is 1.79. The van der Waals surface area contributed by atoms with Crippen molar-refractivity contribution in [2.24, 2.45) is 0 Å². The molecule has 0 aliphatic rings. The zero-order valence-electron chi connectivity index (χ0n) is 11.8. The van der Waals surface area contributed by atoms with Crippen LogP contribution in [0.3, 0.4) is 0 Å². The number of nitrogens with zero attached hydrogens (tertiary/aromatic N) is 1. The number of carboxylic acids is 1. The lowest BCUT2D eigenvalue weighted by Gasteiger charge is -2.14. The van der Waals surface area contributed by atoms with Crippen LogP contribution in [-0.4, -0.2) is 28.0 Å². The largest absolute Gasteiger partial charge is 0.478 e. The number of amides is 1. The minimum atomic E-state index is -1.06. The van der Waals surface area contributed by atoms with Gasteiger partial charge in [-0.05, 0) is 25.5 Å². The molecule has 1 unspecified atom stereocenters. The summed E-state index contributed by atoms with van der Waals surface area (Å²) in [5, 5.41) is 11.6. The van der Waals surface area contributed by atoms with E-state index in [4.69, 9.17) is 5.11 Å². The van der Waals surface area contributed by atoms with E-state index in [0.29, 0.717) is 11.1 Å². The maximum absolute atomic E-state index is 12.2. The Labute approximate surface area is 118 Å². The number of nitrogens with one attached hydrogen (secondary N) is 1. The summed E-state index contributed by atoms with van der Waals surface area (Å²) in [4.78, 5) is 26.6. The van der Waals surface area contributed by atoms with Gasteiger partial charge in [0.25, 0.3) is 5.91 Å². The second-order valence-electron chi connectivity index (χ2n) is 4.65. The summed E-state index contributed by atoms with van der Waals surface area (Å²) in [5.74, 6) is -1.27. The monoisotopic (exact) mass is 276 g/mol. The predicted octanol–water partition coefficient (Wildman–Crippen LogP) is 2.49. The number of carbonyl (C=O) groups excluding carboxylic acids is 1. The second-order valence-corrected chi connectivity index (χ2v) is 4.65. The number of aromatic nitrogens is 1. The minimum Gasteiger partial charge on any atom is -0.478 e. The Morgan fingerprint density at radius 1 is 1.50 bits per heavy atom. The normalized spacial score (nSPS) is 12.3. The molecule has 108 valence electrons. The zero-order chi connectivity index (χ0) is 15.0. The average Bonchev–Trinajstić information content (AvgIpc) is 2.43. The third-order valence-corrected chi connectivity index (χ3v) is 2.87. The van der Waals surface area contributed by atoms with E-state index in [1.165, 1.54) is 18.5 Å². The molecule has 0 aromatic carbocycles. The predicted molar refractivity (Wildman–Crippen MR) is 77.4 cm³/mol. The molecule has 0 spiro atoms. The van der Waals surface area contributed by atoms with Crippen molar-refractivity contribution in [2.45, 2.75) is 39.2 Å². The minimum absolute atomic E-state index is 0.0897. The maximum Gasteiger partial charge on any atom is 0.328 e. The van der Waals surface area contributed by atoms with Crippen molar-refractivity contribution < 1.29 is 14.7 Å². The summed E-state index contributed by atoms with van der Waals surface area (Å²) in [7, 11) is 0. The highest BCUT2D eigenvalue weighted by atomic mass is 16.4. The lowest BCUT2D eigenvalue weighted by atomic mass is 10.1. The highest BCUT2D eigenvalue weighted by Gasteiger charge is 2.12. The molecule has 1 atom stereocenters. The first-order valence-corrected chi connectivity index (χ1v) is 6.70. The molecule has 2 N–H and O–H groups in total. The third kappa shape index (κ3) is 5.22. The molecule has 0 fully saturated rings. The van der Waals surface area contributed by atoms with E-state index in [0.717, 1.165) is 25.3 Å². The van der Waals surface area contributed by atoms with Crippen LogP contribution >= 0.6 is 0 Å². The molecule has 0 radical (unpaired) electrons. The van der Waals surface area contributed by atoms with Crippen LogP contribution in [0.15, 0.2) is 24.5 Å². The van der Waals surface area contributed by atoms with Crippen LogP contribution in [0.1, 0.15) is 49.0 Å². The van der Waals surface area contributed by atoms with E-state index in [2.05, 4.69) is 17.2 Å². The van der Waals surface area contributed by atoms with Crippen molar-refractivity contribution in [3.63, 3.8) is 0 Å². The molecule has 1 heterocycles. The molecule has 0 saturated carbocycles. The molecule has 5 nitrogen and oxygen atoms in total. The molecule has 1 amide bonds. The van der Waals surface area contributed by atoms with Gasteiger partial charge in [-0.15, -0.1) is 0 Å². The van der Waals surface area contributed by atoms with E-state index in [-0.39, 0.29) is 11.9 Å². The first-order chi connectivity index (χ1) is 9.54. The van der Waals surface area contributed by atoms with Crippen molar-refractivity contribution in [1.29, 1.82) is 0 Å². The number of unbranched alkanes of at least 4 members (excludes halogenated alkanes) is 1. The molecule has 0 saturated heterocycles. The van der Waals surface area contributed by atoms with Crippen molar-refractivity contribution in [1.82, 2.24) is 10.3 Å².